The summed E-state index contributed by atoms with van der Waals surface area (Å²) in [6.07, 6.45) is 7.90. The van der Waals surface area contributed by atoms with E-state index in [4.69, 9.17) is 0 Å². The second-order valence-electron chi connectivity index (χ2n) is 4.66. The molecule has 0 unspecified atom stereocenters. The molecule has 1 aromatic heterocycles. The van der Waals surface area contributed by atoms with Gasteiger partial charge in [-0.3, -0.25) is 0 Å². The van der Waals surface area contributed by atoms with E-state index in [1.807, 2.05) is 20.0 Å². The lowest BCUT2D eigenvalue weighted by atomic mass is 10.1. The van der Waals surface area contributed by atoms with Crippen molar-refractivity contribution in [1.29, 1.82) is 0 Å². The van der Waals surface area contributed by atoms with Gasteiger partial charge in [-0.1, -0.05) is 39.0 Å². The molecule has 0 amide bonds. The molecule has 0 fully saturated rings. The van der Waals surface area contributed by atoms with Crippen LogP contribution in [0, 0.1) is 6.92 Å². The minimum Gasteiger partial charge on any atom is -0.370 e. The molecule has 4 nitrogen and oxygen atoms in total. The van der Waals surface area contributed by atoms with Crippen molar-refractivity contribution in [2.24, 2.45) is 0 Å². The van der Waals surface area contributed by atoms with Gasteiger partial charge in [-0.2, -0.15) is 4.98 Å². The zero-order valence-corrected chi connectivity index (χ0v) is 11.9. The Labute approximate surface area is 111 Å². The SMILES string of the molecule is CCCCCCCCNc1cc(C)nc(NC)n1. The maximum atomic E-state index is 4.37. The number of hydrogen-bond donors (Lipinski definition) is 2. The molecule has 0 saturated heterocycles. The Balaban J connectivity index is 2.20. The van der Waals surface area contributed by atoms with E-state index in [-0.39, 0.29) is 0 Å². The van der Waals surface area contributed by atoms with E-state index >= 15 is 0 Å². The largest absolute Gasteiger partial charge is 0.370 e. The maximum Gasteiger partial charge on any atom is 0.224 e. The lowest BCUT2D eigenvalue weighted by Gasteiger charge is -2.08. The lowest BCUT2D eigenvalue weighted by Crippen LogP contribution is -2.06. The van der Waals surface area contributed by atoms with Crippen LogP contribution in [0.1, 0.15) is 51.1 Å². The van der Waals surface area contributed by atoms with E-state index in [9.17, 15) is 0 Å². The number of unbranched alkanes of at least 4 members (excludes halogenated alkanes) is 5. The summed E-state index contributed by atoms with van der Waals surface area (Å²) in [6, 6.07) is 1.98. The van der Waals surface area contributed by atoms with Gasteiger partial charge >= 0.3 is 0 Å². The van der Waals surface area contributed by atoms with Crippen LogP contribution in [-0.4, -0.2) is 23.6 Å². The topological polar surface area (TPSA) is 49.8 Å². The first kappa shape index (κ1) is 14.7. The summed E-state index contributed by atoms with van der Waals surface area (Å²) < 4.78 is 0. The normalized spacial score (nSPS) is 10.4. The average Bonchev–Trinajstić information content (AvgIpc) is 2.37. The van der Waals surface area contributed by atoms with Crippen molar-refractivity contribution >= 4 is 11.8 Å². The first-order chi connectivity index (χ1) is 8.76. The number of rotatable bonds is 9. The van der Waals surface area contributed by atoms with Crippen molar-refractivity contribution in [3.63, 3.8) is 0 Å². The lowest BCUT2D eigenvalue weighted by molar-refractivity contribution is 0.617. The number of aryl methyl sites for hydroxylation is 1. The van der Waals surface area contributed by atoms with E-state index < -0.39 is 0 Å². The van der Waals surface area contributed by atoms with Gasteiger partial charge in [-0.05, 0) is 13.3 Å². The van der Waals surface area contributed by atoms with Crippen molar-refractivity contribution < 1.29 is 0 Å². The van der Waals surface area contributed by atoms with E-state index in [0.29, 0.717) is 5.95 Å². The molecule has 1 rings (SSSR count). The summed E-state index contributed by atoms with van der Waals surface area (Å²) in [5.74, 6) is 1.60. The first-order valence-corrected chi connectivity index (χ1v) is 7.03. The molecule has 0 aliphatic rings. The van der Waals surface area contributed by atoms with Crippen LogP contribution in [0.2, 0.25) is 0 Å². The summed E-state index contributed by atoms with van der Waals surface area (Å²) in [5.41, 5.74) is 0.986. The molecule has 0 saturated carbocycles. The summed E-state index contributed by atoms with van der Waals surface area (Å²) in [7, 11) is 1.84. The Morgan fingerprint density at radius 2 is 1.78 bits per heavy atom. The minimum atomic E-state index is 0.681. The van der Waals surface area contributed by atoms with Gasteiger partial charge in [0.15, 0.2) is 0 Å². The third-order valence-corrected chi connectivity index (χ3v) is 2.91. The summed E-state index contributed by atoms with van der Waals surface area (Å²) >= 11 is 0. The highest BCUT2D eigenvalue weighted by Crippen LogP contribution is 2.10. The molecular weight excluding hydrogens is 224 g/mol. The van der Waals surface area contributed by atoms with Gasteiger partial charge in [0.1, 0.15) is 5.82 Å². The highest BCUT2D eigenvalue weighted by atomic mass is 15.1. The third-order valence-electron chi connectivity index (χ3n) is 2.91. The molecular formula is C14H26N4. The molecule has 0 bridgehead atoms. The van der Waals surface area contributed by atoms with E-state index in [1.165, 1.54) is 38.5 Å². The highest BCUT2D eigenvalue weighted by molar-refractivity contribution is 5.41. The summed E-state index contributed by atoms with van der Waals surface area (Å²) in [4.78, 5) is 8.63. The molecule has 18 heavy (non-hydrogen) atoms. The number of nitrogens with one attached hydrogen (secondary N) is 2. The van der Waals surface area contributed by atoms with Gasteiger partial charge in [0.05, 0.1) is 0 Å². The predicted octanol–water partition coefficient (Wildman–Crippen LogP) is 3.60. The fourth-order valence-corrected chi connectivity index (χ4v) is 1.89. The smallest absolute Gasteiger partial charge is 0.224 e. The van der Waals surface area contributed by atoms with Crippen molar-refractivity contribution in [3.8, 4) is 0 Å². The molecule has 0 aliphatic heterocycles. The van der Waals surface area contributed by atoms with Crippen molar-refractivity contribution in [2.75, 3.05) is 24.2 Å². The summed E-state index contributed by atoms with van der Waals surface area (Å²) in [5, 5.41) is 6.33. The van der Waals surface area contributed by atoms with Crippen molar-refractivity contribution in [3.05, 3.63) is 11.8 Å². The van der Waals surface area contributed by atoms with Gasteiger partial charge in [-0.25, -0.2) is 4.98 Å². The second kappa shape index (κ2) is 8.72. The zero-order chi connectivity index (χ0) is 13.2. The van der Waals surface area contributed by atoms with Gasteiger partial charge < -0.3 is 10.6 Å². The average molecular weight is 250 g/mol. The molecule has 4 heteroatoms. The number of hydrogen-bond acceptors (Lipinski definition) is 4. The van der Waals surface area contributed by atoms with Crippen LogP contribution in [0.4, 0.5) is 11.8 Å². The molecule has 0 aromatic carbocycles. The molecule has 0 radical (unpaired) electrons. The quantitative estimate of drug-likeness (QED) is 0.657. The third kappa shape index (κ3) is 5.84. The van der Waals surface area contributed by atoms with Gasteiger partial charge in [-0.15, -0.1) is 0 Å². The Morgan fingerprint density at radius 3 is 2.50 bits per heavy atom. The van der Waals surface area contributed by atoms with Crippen LogP contribution < -0.4 is 10.6 Å². The minimum absolute atomic E-state index is 0.681. The van der Waals surface area contributed by atoms with E-state index in [0.717, 1.165) is 18.1 Å². The molecule has 0 atom stereocenters. The molecule has 2 N–H and O–H groups in total. The maximum absolute atomic E-state index is 4.37. The van der Waals surface area contributed by atoms with Gasteiger partial charge in [0.2, 0.25) is 5.95 Å². The molecule has 0 spiro atoms. The molecule has 102 valence electrons. The Bertz CT molecular complexity index is 339. The van der Waals surface area contributed by atoms with Crippen LogP contribution in [0.15, 0.2) is 6.07 Å². The number of anilines is 2. The number of nitrogens with zero attached hydrogens (tertiary/aromatic N) is 2. The zero-order valence-electron chi connectivity index (χ0n) is 11.9. The van der Waals surface area contributed by atoms with E-state index in [1.54, 1.807) is 0 Å². The van der Waals surface area contributed by atoms with Gasteiger partial charge in [0, 0.05) is 25.4 Å². The molecule has 1 heterocycles. The van der Waals surface area contributed by atoms with Gasteiger partial charge in [0.25, 0.3) is 0 Å². The predicted molar refractivity (Wildman–Crippen MR) is 78.2 cm³/mol. The Kier molecular flexibility index (Phi) is 7.14. The van der Waals surface area contributed by atoms with Crippen LogP contribution in [-0.2, 0) is 0 Å². The monoisotopic (exact) mass is 250 g/mol. The Hall–Kier alpha value is -1.32. The fourth-order valence-electron chi connectivity index (χ4n) is 1.89. The second-order valence-corrected chi connectivity index (χ2v) is 4.66. The van der Waals surface area contributed by atoms with Crippen LogP contribution >= 0.6 is 0 Å². The molecule has 0 aliphatic carbocycles. The molecule has 1 aromatic rings. The standard InChI is InChI=1S/C14H26N4/c1-4-5-6-7-8-9-10-16-13-11-12(2)17-14(15-3)18-13/h11H,4-10H2,1-3H3,(H2,15,16,17,18). The van der Waals surface area contributed by atoms with Crippen LogP contribution in [0.3, 0.4) is 0 Å². The highest BCUT2D eigenvalue weighted by Gasteiger charge is 1.99. The number of aromatic nitrogens is 2. The van der Waals surface area contributed by atoms with Crippen LogP contribution in [0.25, 0.3) is 0 Å². The van der Waals surface area contributed by atoms with Crippen molar-refractivity contribution in [1.82, 2.24) is 9.97 Å². The first-order valence-electron chi connectivity index (χ1n) is 7.03. The fraction of sp³-hybridized carbons (Fsp3) is 0.714. The van der Waals surface area contributed by atoms with Crippen molar-refractivity contribution in [2.45, 2.75) is 52.4 Å². The van der Waals surface area contributed by atoms with E-state index in [2.05, 4.69) is 27.5 Å². The summed E-state index contributed by atoms with van der Waals surface area (Å²) in [6.45, 7) is 5.22. The Morgan fingerprint density at radius 1 is 1.06 bits per heavy atom. The van der Waals surface area contributed by atoms with Crippen LogP contribution in [0.5, 0.6) is 0 Å².